The molecule has 1 saturated heterocycles. The van der Waals surface area contributed by atoms with Gasteiger partial charge in [-0.3, -0.25) is 0 Å². The number of rotatable bonds is 2. The van der Waals surface area contributed by atoms with E-state index >= 15 is 0 Å². The van der Waals surface area contributed by atoms with Gasteiger partial charge in [0.25, 0.3) is 0 Å². The Hall–Kier alpha value is -0.840. The van der Waals surface area contributed by atoms with E-state index in [1.807, 2.05) is 0 Å². The van der Waals surface area contributed by atoms with Crippen molar-refractivity contribution < 1.29 is 19.0 Å². The summed E-state index contributed by atoms with van der Waals surface area (Å²) in [6.07, 6.45) is -0.182. The lowest BCUT2D eigenvalue weighted by atomic mass is 9.94. The van der Waals surface area contributed by atoms with Gasteiger partial charge < -0.3 is 14.7 Å². The van der Waals surface area contributed by atoms with Crippen LogP contribution in [0.1, 0.15) is 33.6 Å². The molecule has 2 atom stereocenters. The van der Waals surface area contributed by atoms with Gasteiger partial charge in [-0.2, -0.15) is 0 Å². The van der Waals surface area contributed by atoms with Crippen molar-refractivity contribution >= 4 is 6.09 Å². The molecule has 1 rings (SSSR count). The zero-order valence-electron chi connectivity index (χ0n) is 10.8. The van der Waals surface area contributed by atoms with E-state index in [0.717, 1.165) is 6.42 Å². The third kappa shape index (κ3) is 4.50. The first-order valence-electron chi connectivity index (χ1n) is 6.06. The highest BCUT2D eigenvalue weighted by atomic mass is 19.1. The maximum absolute atomic E-state index is 13.4. The summed E-state index contributed by atoms with van der Waals surface area (Å²) in [6.45, 7) is 5.86. The Morgan fingerprint density at radius 3 is 2.76 bits per heavy atom. The zero-order chi connectivity index (χ0) is 13.1. The summed E-state index contributed by atoms with van der Waals surface area (Å²) < 4.78 is 18.6. The number of hydrogen-bond donors (Lipinski definition) is 1. The third-order valence-corrected chi connectivity index (χ3v) is 2.80. The van der Waals surface area contributed by atoms with Crippen LogP contribution in [0.2, 0.25) is 0 Å². The predicted octanol–water partition coefficient (Wildman–Crippen LogP) is 1.96. The van der Waals surface area contributed by atoms with E-state index in [1.165, 1.54) is 4.90 Å². The quantitative estimate of drug-likeness (QED) is 0.811. The van der Waals surface area contributed by atoms with E-state index in [2.05, 4.69) is 0 Å². The Labute approximate surface area is 102 Å². The standard InChI is InChI=1S/C12H22FNO3/c1-12(2,3)17-11(16)14-6-4-5-9(7-14)10(13)8-15/h9-10,15H,4-8H2,1-3H3. The van der Waals surface area contributed by atoms with Crippen LogP contribution in [0.15, 0.2) is 0 Å². The summed E-state index contributed by atoms with van der Waals surface area (Å²) in [4.78, 5) is 13.3. The molecule has 0 aliphatic carbocycles. The molecule has 0 spiro atoms. The highest BCUT2D eigenvalue weighted by Crippen LogP contribution is 2.23. The number of piperidine rings is 1. The monoisotopic (exact) mass is 247 g/mol. The molecule has 100 valence electrons. The summed E-state index contributed by atoms with van der Waals surface area (Å²) >= 11 is 0. The molecule has 4 nitrogen and oxygen atoms in total. The first-order valence-corrected chi connectivity index (χ1v) is 6.06. The molecular formula is C12H22FNO3. The van der Waals surface area contributed by atoms with E-state index in [0.29, 0.717) is 19.5 Å². The second-order valence-electron chi connectivity index (χ2n) is 5.53. The highest BCUT2D eigenvalue weighted by molar-refractivity contribution is 5.68. The van der Waals surface area contributed by atoms with Crippen LogP contribution in [0.5, 0.6) is 0 Å². The lowest BCUT2D eigenvalue weighted by Gasteiger charge is -2.34. The second-order valence-corrected chi connectivity index (χ2v) is 5.53. The summed E-state index contributed by atoms with van der Waals surface area (Å²) in [5.41, 5.74) is -0.532. The van der Waals surface area contributed by atoms with Crippen molar-refractivity contribution in [3.05, 3.63) is 0 Å². The molecule has 1 aliphatic heterocycles. The minimum absolute atomic E-state index is 0.277. The zero-order valence-corrected chi connectivity index (χ0v) is 10.8. The van der Waals surface area contributed by atoms with Crippen molar-refractivity contribution in [1.82, 2.24) is 4.90 Å². The van der Waals surface area contributed by atoms with Gasteiger partial charge in [-0.1, -0.05) is 0 Å². The molecule has 1 aliphatic rings. The van der Waals surface area contributed by atoms with Crippen LogP contribution >= 0.6 is 0 Å². The fourth-order valence-electron chi connectivity index (χ4n) is 1.95. The molecule has 0 aromatic rings. The Morgan fingerprint density at radius 2 is 2.24 bits per heavy atom. The molecule has 5 heteroatoms. The summed E-state index contributed by atoms with van der Waals surface area (Å²) in [6, 6.07) is 0. The molecule has 17 heavy (non-hydrogen) atoms. The third-order valence-electron chi connectivity index (χ3n) is 2.80. The number of nitrogens with zero attached hydrogens (tertiary/aromatic N) is 1. The maximum atomic E-state index is 13.4. The Bertz CT molecular complexity index is 265. The number of likely N-dealkylation sites (tertiary alicyclic amines) is 1. The van der Waals surface area contributed by atoms with Crippen LogP contribution in [-0.2, 0) is 4.74 Å². The number of amides is 1. The fraction of sp³-hybridized carbons (Fsp3) is 0.917. The number of aliphatic hydroxyl groups excluding tert-OH is 1. The van der Waals surface area contributed by atoms with Crippen molar-refractivity contribution in [2.24, 2.45) is 5.92 Å². The van der Waals surface area contributed by atoms with E-state index in [-0.39, 0.29) is 5.92 Å². The lowest BCUT2D eigenvalue weighted by Crippen LogP contribution is -2.45. The second kappa shape index (κ2) is 5.67. The normalized spacial score (nSPS) is 23.4. The molecule has 1 fully saturated rings. The topological polar surface area (TPSA) is 49.8 Å². The molecule has 0 radical (unpaired) electrons. The van der Waals surface area contributed by atoms with E-state index in [1.54, 1.807) is 20.8 Å². The molecule has 0 bridgehead atoms. The predicted molar refractivity (Wildman–Crippen MR) is 62.5 cm³/mol. The van der Waals surface area contributed by atoms with Crippen LogP contribution in [0.4, 0.5) is 9.18 Å². The van der Waals surface area contributed by atoms with Gasteiger partial charge in [0.2, 0.25) is 0 Å². The first-order chi connectivity index (χ1) is 7.83. The van der Waals surface area contributed by atoms with Crippen molar-refractivity contribution in [1.29, 1.82) is 0 Å². The number of alkyl halides is 1. The van der Waals surface area contributed by atoms with Crippen LogP contribution < -0.4 is 0 Å². The number of carbonyl (C=O) groups is 1. The molecule has 1 amide bonds. The summed E-state index contributed by atoms with van der Waals surface area (Å²) in [5.74, 6) is -0.277. The van der Waals surface area contributed by atoms with Crippen molar-refractivity contribution in [2.75, 3.05) is 19.7 Å². The Balaban J connectivity index is 2.52. The molecule has 1 N–H and O–H groups in total. The van der Waals surface area contributed by atoms with Gasteiger partial charge in [-0.05, 0) is 33.6 Å². The Morgan fingerprint density at radius 1 is 1.59 bits per heavy atom. The number of halogens is 1. The van der Waals surface area contributed by atoms with Gasteiger partial charge in [-0.15, -0.1) is 0 Å². The number of carbonyl (C=O) groups excluding carboxylic acids is 1. The van der Waals surface area contributed by atoms with Crippen LogP contribution in [0.3, 0.4) is 0 Å². The lowest BCUT2D eigenvalue weighted by molar-refractivity contribution is 0.00700. The average molecular weight is 247 g/mol. The van der Waals surface area contributed by atoms with Gasteiger partial charge >= 0.3 is 6.09 Å². The number of ether oxygens (including phenoxy) is 1. The van der Waals surface area contributed by atoms with Crippen molar-refractivity contribution in [2.45, 2.75) is 45.4 Å². The van der Waals surface area contributed by atoms with E-state index < -0.39 is 24.5 Å². The summed E-state index contributed by atoms with van der Waals surface area (Å²) in [5, 5.41) is 8.79. The van der Waals surface area contributed by atoms with Gasteiger partial charge in [0, 0.05) is 19.0 Å². The fourth-order valence-corrected chi connectivity index (χ4v) is 1.95. The average Bonchev–Trinajstić information content (AvgIpc) is 2.26. The largest absolute Gasteiger partial charge is 0.444 e. The maximum Gasteiger partial charge on any atom is 0.410 e. The molecule has 0 aromatic heterocycles. The van der Waals surface area contributed by atoms with Crippen LogP contribution in [0.25, 0.3) is 0 Å². The van der Waals surface area contributed by atoms with Gasteiger partial charge in [-0.25, -0.2) is 9.18 Å². The van der Waals surface area contributed by atoms with Gasteiger partial charge in [0.05, 0.1) is 6.61 Å². The highest BCUT2D eigenvalue weighted by Gasteiger charge is 2.31. The summed E-state index contributed by atoms with van der Waals surface area (Å²) in [7, 11) is 0. The SMILES string of the molecule is CC(C)(C)OC(=O)N1CCCC(C(F)CO)C1. The minimum atomic E-state index is -1.25. The van der Waals surface area contributed by atoms with Crippen LogP contribution in [0, 0.1) is 5.92 Å². The van der Waals surface area contributed by atoms with Gasteiger partial charge in [0.15, 0.2) is 0 Å². The number of hydrogen-bond acceptors (Lipinski definition) is 3. The van der Waals surface area contributed by atoms with Crippen molar-refractivity contribution in [3.63, 3.8) is 0 Å². The van der Waals surface area contributed by atoms with Crippen molar-refractivity contribution in [3.8, 4) is 0 Å². The van der Waals surface area contributed by atoms with E-state index in [4.69, 9.17) is 9.84 Å². The Kier molecular flexibility index (Phi) is 4.74. The first kappa shape index (κ1) is 14.2. The molecule has 0 aromatic carbocycles. The van der Waals surface area contributed by atoms with Crippen LogP contribution in [-0.4, -0.2) is 47.6 Å². The molecule has 2 unspecified atom stereocenters. The van der Waals surface area contributed by atoms with E-state index in [9.17, 15) is 9.18 Å². The minimum Gasteiger partial charge on any atom is -0.444 e. The number of aliphatic hydroxyl groups is 1. The molecule has 1 heterocycles. The molecular weight excluding hydrogens is 225 g/mol. The van der Waals surface area contributed by atoms with Gasteiger partial charge in [0.1, 0.15) is 11.8 Å². The molecule has 0 saturated carbocycles. The smallest absolute Gasteiger partial charge is 0.410 e.